The average Bonchev–Trinajstić information content (AvgIpc) is 2.08. The Kier molecular flexibility index (Phi) is 5.25. The minimum absolute atomic E-state index is 0.552. The number of sulfonamides is 2. The molecule has 0 aliphatic carbocycles. The van der Waals surface area contributed by atoms with E-state index in [2.05, 4.69) is 0 Å². The minimum atomic E-state index is -7.02. The molecular weight excluding hydrogens is 370 g/mol. The second kappa shape index (κ2) is 5.52. The summed E-state index contributed by atoms with van der Waals surface area (Å²) in [5, 5.41) is 9.31. The first kappa shape index (κ1) is 20.9. The van der Waals surface area contributed by atoms with Crippen LogP contribution in [0.5, 0.6) is 0 Å². The molecule has 0 aromatic rings. The number of quaternary nitrogens is 1. The fourth-order valence-electron chi connectivity index (χ4n) is 1.08. The maximum absolute atomic E-state index is 12.4. The van der Waals surface area contributed by atoms with E-state index in [4.69, 9.17) is 0 Å². The van der Waals surface area contributed by atoms with Gasteiger partial charge in [0.15, 0.2) is 0 Å². The number of alkyl halides is 6. The molecule has 15 heteroatoms. The highest BCUT2D eigenvalue weighted by molar-refractivity contribution is 7.98. The van der Waals surface area contributed by atoms with Crippen LogP contribution in [0.2, 0.25) is 0 Å². The molecular formula is C7H12F6N2O5S2+2. The molecule has 0 spiro atoms. The van der Waals surface area contributed by atoms with Gasteiger partial charge in [0.1, 0.15) is 0 Å². The summed E-state index contributed by atoms with van der Waals surface area (Å²) < 4.78 is 116. The van der Waals surface area contributed by atoms with Gasteiger partial charge in [-0.3, -0.25) is 0 Å². The maximum Gasteiger partial charge on any atom is 0.561 e. The molecule has 22 heavy (non-hydrogen) atoms. The summed E-state index contributed by atoms with van der Waals surface area (Å²) in [4.78, 5) is 0. The molecule has 0 amide bonds. The lowest BCUT2D eigenvalue weighted by atomic mass is 10.5. The van der Waals surface area contributed by atoms with Crippen LogP contribution >= 0.6 is 0 Å². The van der Waals surface area contributed by atoms with E-state index in [-0.39, 0.29) is 0 Å². The van der Waals surface area contributed by atoms with Crippen molar-refractivity contribution in [2.45, 2.75) is 11.0 Å². The molecule has 0 bridgehead atoms. The highest BCUT2D eigenvalue weighted by Crippen LogP contribution is 2.32. The summed E-state index contributed by atoms with van der Waals surface area (Å²) in [6, 6.07) is 0. The van der Waals surface area contributed by atoms with Gasteiger partial charge in [0.05, 0.1) is 24.5 Å². The Labute approximate surface area is 121 Å². The molecule has 0 aromatic heterocycles. The lowest BCUT2D eigenvalue weighted by Gasteiger charge is -2.21. The minimum Gasteiger partial charge on any atom is -0.457 e. The van der Waals surface area contributed by atoms with Crippen LogP contribution in [0, 0.1) is 0 Å². The van der Waals surface area contributed by atoms with Crippen LogP contribution in [0.3, 0.4) is 0 Å². The SMILES string of the molecule is C[N+](C)(C)CC(O)=[N+](S(=O)(=O)C(F)(F)F)S(=O)(=O)C(F)(F)F. The third-order valence-corrected chi connectivity index (χ3v) is 5.49. The molecule has 0 aliphatic heterocycles. The summed E-state index contributed by atoms with van der Waals surface area (Å²) in [6.07, 6.45) is 0. The van der Waals surface area contributed by atoms with Crippen LogP contribution in [0.25, 0.3) is 0 Å². The number of aliphatic hydroxyl groups is 1. The first-order valence-corrected chi connectivity index (χ1v) is 7.91. The van der Waals surface area contributed by atoms with Gasteiger partial charge in [-0.15, -0.1) is 0 Å². The topological polar surface area (TPSA) is 91.5 Å². The summed E-state index contributed by atoms with van der Waals surface area (Å²) >= 11 is 0. The Balaban J connectivity index is 6.75. The molecule has 132 valence electrons. The van der Waals surface area contributed by atoms with Crippen molar-refractivity contribution < 1.29 is 56.2 Å². The van der Waals surface area contributed by atoms with Gasteiger partial charge in [0.2, 0.25) is 6.54 Å². The lowest BCUT2D eigenvalue weighted by Crippen LogP contribution is -2.50. The molecule has 1 N–H and O–H groups in total. The van der Waals surface area contributed by atoms with E-state index < -0.39 is 51.4 Å². The van der Waals surface area contributed by atoms with Gasteiger partial charge < -0.3 is 9.59 Å². The number of aliphatic hydroxyl groups excluding tert-OH is 1. The Hall–Kier alpha value is -1.09. The zero-order valence-corrected chi connectivity index (χ0v) is 12.9. The van der Waals surface area contributed by atoms with Crippen molar-refractivity contribution in [3.8, 4) is 0 Å². The van der Waals surface area contributed by atoms with Gasteiger partial charge >= 0.3 is 37.0 Å². The fraction of sp³-hybridized carbons (Fsp3) is 0.857. The van der Waals surface area contributed by atoms with Crippen LogP contribution in [0.4, 0.5) is 26.3 Å². The van der Waals surface area contributed by atoms with Crippen LogP contribution < -0.4 is 0 Å². The monoisotopic (exact) mass is 382 g/mol. The van der Waals surface area contributed by atoms with Crippen molar-refractivity contribution in [3.63, 3.8) is 0 Å². The molecule has 0 rings (SSSR count). The average molecular weight is 382 g/mol. The number of rotatable bonds is 4. The van der Waals surface area contributed by atoms with Gasteiger partial charge in [-0.2, -0.15) is 43.2 Å². The van der Waals surface area contributed by atoms with Gasteiger partial charge in [-0.1, -0.05) is 0 Å². The molecule has 0 fully saturated rings. The Morgan fingerprint density at radius 1 is 0.909 bits per heavy atom. The Morgan fingerprint density at radius 3 is 1.36 bits per heavy atom. The van der Waals surface area contributed by atoms with E-state index in [0.717, 1.165) is 21.1 Å². The normalized spacial score (nSPS) is 14.8. The van der Waals surface area contributed by atoms with Crippen molar-refractivity contribution >= 4 is 25.9 Å². The number of likely N-dealkylation sites (N-methyl/N-ethyl adjacent to an activating group) is 1. The number of hydrogen-bond acceptors (Lipinski definition) is 4. The summed E-state index contributed by atoms with van der Waals surface area (Å²) in [7, 11) is -10.6. The fourth-order valence-corrected chi connectivity index (χ4v) is 3.66. The van der Waals surface area contributed by atoms with Crippen molar-refractivity contribution in [2.75, 3.05) is 27.7 Å². The lowest BCUT2D eigenvalue weighted by molar-refractivity contribution is -0.862. The highest BCUT2D eigenvalue weighted by atomic mass is 32.3. The van der Waals surface area contributed by atoms with Crippen molar-refractivity contribution in [2.24, 2.45) is 0 Å². The zero-order chi connectivity index (χ0) is 18.4. The third-order valence-electron chi connectivity index (χ3n) is 1.85. The van der Waals surface area contributed by atoms with E-state index in [0.29, 0.717) is 0 Å². The third kappa shape index (κ3) is 4.22. The molecule has 0 heterocycles. The van der Waals surface area contributed by atoms with Crippen LogP contribution in [-0.4, -0.2) is 74.4 Å². The predicted octanol–water partition coefficient (Wildman–Crippen LogP) is 0.361. The van der Waals surface area contributed by atoms with E-state index >= 15 is 0 Å². The highest BCUT2D eigenvalue weighted by Gasteiger charge is 2.68. The smallest absolute Gasteiger partial charge is 0.457 e. The summed E-state index contributed by atoms with van der Waals surface area (Å²) in [5.74, 6) is -2.14. The number of hydrogen-bond donors (Lipinski definition) is 1. The van der Waals surface area contributed by atoms with Crippen molar-refractivity contribution in [3.05, 3.63) is 0 Å². The molecule has 0 saturated carbocycles. The van der Waals surface area contributed by atoms with Crippen LogP contribution in [0.15, 0.2) is 0 Å². The molecule has 0 atom stereocenters. The molecule has 0 radical (unpaired) electrons. The van der Waals surface area contributed by atoms with Crippen LogP contribution in [0.1, 0.15) is 0 Å². The van der Waals surface area contributed by atoms with E-state index in [1.807, 2.05) is 0 Å². The maximum atomic E-state index is 12.4. The van der Waals surface area contributed by atoms with Gasteiger partial charge in [-0.05, 0) is 0 Å². The standard InChI is InChI=1S/C7H11F6N2O5S2/c1-15(2,3)4-5(16)14(21(17,18)6(8,9)10)22(19,20)7(11,12)13/h4H2,1-3H3/q+1/p+1. The second-order valence-electron chi connectivity index (χ2n) is 4.96. The first-order chi connectivity index (χ1) is 9.25. The van der Waals surface area contributed by atoms with Gasteiger partial charge in [0.25, 0.3) is 0 Å². The number of halogens is 6. The molecule has 7 nitrogen and oxygen atoms in total. The van der Waals surface area contributed by atoms with E-state index in [9.17, 15) is 48.3 Å². The quantitative estimate of drug-likeness (QED) is 0.249. The van der Waals surface area contributed by atoms with Crippen molar-refractivity contribution in [1.82, 2.24) is 0 Å². The van der Waals surface area contributed by atoms with Gasteiger partial charge in [0, 0.05) is 0 Å². The molecule has 0 unspecified atom stereocenters. The largest absolute Gasteiger partial charge is 0.561 e. The first-order valence-electron chi connectivity index (χ1n) is 5.03. The number of nitrogens with zero attached hydrogens (tertiary/aromatic N) is 2. The summed E-state index contributed by atoms with van der Waals surface area (Å²) in [6.45, 7) is -1.13. The Morgan fingerprint density at radius 2 is 1.18 bits per heavy atom. The summed E-state index contributed by atoms with van der Waals surface area (Å²) in [5.41, 5.74) is -12.7. The van der Waals surface area contributed by atoms with Crippen molar-refractivity contribution in [1.29, 1.82) is 0 Å². The molecule has 0 aliphatic rings. The molecule has 0 aromatic carbocycles. The van der Waals surface area contributed by atoms with E-state index in [1.54, 1.807) is 0 Å². The Bertz CT molecular complexity index is 622. The van der Waals surface area contributed by atoms with Gasteiger partial charge in [-0.25, -0.2) is 0 Å². The molecule has 0 saturated heterocycles. The second-order valence-corrected chi connectivity index (χ2v) is 8.75. The van der Waals surface area contributed by atoms with Crippen LogP contribution in [-0.2, 0) is 20.0 Å². The van der Waals surface area contributed by atoms with E-state index in [1.165, 1.54) is 0 Å². The predicted molar refractivity (Wildman–Crippen MR) is 60.7 cm³/mol. The zero-order valence-electron chi connectivity index (χ0n) is 11.3.